The summed E-state index contributed by atoms with van der Waals surface area (Å²) in [6.45, 7) is 1.56. The number of hydrogen-bond donors (Lipinski definition) is 2. The standard InChI is InChI=1S/C7H15O6PS/c1-2-15-6-3-7(8)12-4-5-13-14(9,10)11/h2-6H2,1H3,(H2,9,10,11). The molecule has 0 aliphatic heterocycles. The van der Waals surface area contributed by atoms with Crippen LogP contribution in [0.25, 0.3) is 0 Å². The Hall–Kier alpha value is -0.0700. The molecule has 0 fully saturated rings. The van der Waals surface area contributed by atoms with Gasteiger partial charge in [-0.25, -0.2) is 4.57 Å². The van der Waals surface area contributed by atoms with Crippen molar-refractivity contribution >= 4 is 25.6 Å². The van der Waals surface area contributed by atoms with E-state index in [0.717, 1.165) is 5.75 Å². The zero-order chi connectivity index (χ0) is 11.7. The molecule has 2 N–H and O–H groups in total. The van der Waals surface area contributed by atoms with Crippen LogP contribution in [0.4, 0.5) is 0 Å². The second-order valence-corrected chi connectivity index (χ2v) is 5.12. The van der Waals surface area contributed by atoms with Gasteiger partial charge in [0.15, 0.2) is 0 Å². The van der Waals surface area contributed by atoms with Crippen molar-refractivity contribution in [3.8, 4) is 0 Å². The monoisotopic (exact) mass is 258 g/mol. The molecule has 0 radical (unpaired) electrons. The van der Waals surface area contributed by atoms with Gasteiger partial charge in [0.2, 0.25) is 0 Å². The van der Waals surface area contributed by atoms with E-state index < -0.39 is 7.82 Å². The van der Waals surface area contributed by atoms with Crippen molar-refractivity contribution in [1.29, 1.82) is 0 Å². The molecule has 0 aromatic heterocycles. The molecule has 6 nitrogen and oxygen atoms in total. The van der Waals surface area contributed by atoms with Gasteiger partial charge in [0.25, 0.3) is 0 Å². The molecule has 0 heterocycles. The van der Waals surface area contributed by atoms with E-state index in [4.69, 9.17) is 9.79 Å². The van der Waals surface area contributed by atoms with Crippen LogP contribution in [0.3, 0.4) is 0 Å². The fourth-order valence-electron chi connectivity index (χ4n) is 0.684. The average Bonchev–Trinajstić information content (AvgIpc) is 2.11. The molecule has 90 valence electrons. The van der Waals surface area contributed by atoms with Crippen molar-refractivity contribution in [2.24, 2.45) is 0 Å². The summed E-state index contributed by atoms with van der Waals surface area (Å²) < 4.78 is 19.0. The predicted octanol–water partition coefficient (Wildman–Crippen LogP) is 0.782. The molecule has 0 aromatic rings. The van der Waals surface area contributed by atoms with Crippen LogP contribution in [0.2, 0.25) is 0 Å². The zero-order valence-electron chi connectivity index (χ0n) is 8.42. The lowest BCUT2D eigenvalue weighted by molar-refractivity contribution is -0.144. The molecule has 15 heavy (non-hydrogen) atoms. The smallest absolute Gasteiger partial charge is 0.463 e. The Morgan fingerprint density at radius 1 is 1.40 bits per heavy atom. The Morgan fingerprint density at radius 3 is 2.60 bits per heavy atom. The van der Waals surface area contributed by atoms with E-state index in [-0.39, 0.29) is 19.2 Å². The molecule has 0 amide bonds. The third-order valence-electron chi connectivity index (χ3n) is 1.26. The highest BCUT2D eigenvalue weighted by atomic mass is 32.2. The third-order valence-corrected chi connectivity index (χ3v) is 2.68. The van der Waals surface area contributed by atoms with E-state index in [1.54, 1.807) is 11.8 Å². The molecule has 0 aliphatic carbocycles. The fraction of sp³-hybridized carbons (Fsp3) is 0.857. The van der Waals surface area contributed by atoms with Crippen molar-refractivity contribution in [3.63, 3.8) is 0 Å². The summed E-state index contributed by atoms with van der Waals surface area (Å²) in [5, 5.41) is 0. The summed E-state index contributed by atoms with van der Waals surface area (Å²) in [4.78, 5) is 27.6. The van der Waals surface area contributed by atoms with Crippen LogP contribution in [0.15, 0.2) is 0 Å². The fourth-order valence-corrected chi connectivity index (χ4v) is 1.60. The van der Waals surface area contributed by atoms with Gasteiger partial charge in [-0.15, -0.1) is 0 Å². The molecule has 0 saturated carbocycles. The number of esters is 1. The van der Waals surface area contributed by atoms with Gasteiger partial charge in [-0.1, -0.05) is 6.92 Å². The summed E-state index contributed by atoms with van der Waals surface area (Å²) in [7, 11) is -4.45. The zero-order valence-corrected chi connectivity index (χ0v) is 10.1. The van der Waals surface area contributed by atoms with Gasteiger partial charge in [0.1, 0.15) is 6.61 Å². The van der Waals surface area contributed by atoms with E-state index >= 15 is 0 Å². The van der Waals surface area contributed by atoms with Gasteiger partial charge in [-0.05, 0) is 5.75 Å². The highest BCUT2D eigenvalue weighted by Crippen LogP contribution is 2.35. The number of carbonyl (C=O) groups is 1. The predicted molar refractivity (Wildman–Crippen MR) is 56.6 cm³/mol. The first-order valence-corrected chi connectivity index (χ1v) is 7.07. The average molecular weight is 258 g/mol. The number of phosphoric ester groups is 1. The molecule has 0 saturated heterocycles. The van der Waals surface area contributed by atoms with Crippen molar-refractivity contribution in [1.82, 2.24) is 0 Å². The number of carbonyl (C=O) groups excluding carboxylic acids is 1. The summed E-state index contributed by atoms with van der Waals surface area (Å²) >= 11 is 1.62. The summed E-state index contributed by atoms with van der Waals surface area (Å²) in [5.41, 5.74) is 0. The summed E-state index contributed by atoms with van der Waals surface area (Å²) in [5.74, 6) is 1.24. The molecule has 0 unspecified atom stereocenters. The van der Waals surface area contributed by atoms with E-state index in [9.17, 15) is 9.36 Å². The molecule has 0 atom stereocenters. The number of hydrogen-bond acceptors (Lipinski definition) is 5. The van der Waals surface area contributed by atoms with E-state index in [1.807, 2.05) is 6.92 Å². The molecule has 0 rings (SSSR count). The molecule has 0 aromatic carbocycles. The van der Waals surface area contributed by atoms with Gasteiger partial charge >= 0.3 is 13.8 Å². The maximum atomic E-state index is 11.0. The van der Waals surface area contributed by atoms with Crippen molar-refractivity contribution in [3.05, 3.63) is 0 Å². The van der Waals surface area contributed by atoms with Crippen molar-refractivity contribution in [2.45, 2.75) is 13.3 Å². The number of ether oxygens (including phenoxy) is 1. The van der Waals surface area contributed by atoms with Crippen LogP contribution >= 0.6 is 19.6 Å². The lowest BCUT2D eigenvalue weighted by Gasteiger charge is -2.06. The molecule has 8 heteroatoms. The Balaban J connectivity index is 3.35. The Morgan fingerprint density at radius 2 is 2.07 bits per heavy atom. The molecular weight excluding hydrogens is 243 g/mol. The molecule has 0 bridgehead atoms. The lowest BCUT2D eigenvalue weighted by Crippen LogP contribution is -2.10. The van der Waals surface area contributed by atoms with Crippen LogP contribution in [0.1, 0.15) is 13.3 Å². The van der Waals surface area contributed by atoms with Gasteiger partial charge < -0.3 is 14.5 Å². The highest BCUT2D eigenvalue weighted by molar-refractivity contribution is 7.99. The molecule has 0 spiro atoms. The first kappa shape index (κ1) is 14.9. The van der Waals surface area contributed by atoms with Crippen LogP contribution < -0.4 is 0 Å². The van der Waals surface area contributed by atoms with E-state index in [0.29, 0.717) is 12.2 Å². The molecular formula is C7H15O6PS. The van der Waals surface area contributed by atoms with E-state index in [1.165, 1.54) is 0 Å². The van der Waals surface area contributed by atoms with Crippen LogP contribution in [0, 0.1) is 0 Å². The summed E-state index contributed by atoms with van der Waals surface area (Å²) in [6.07, 6.45) is 0.300. The van der Waals surface area contributed by atoms with Crippen molar-refractivity contribution < 1.29 is 28.4 Å². The van der Waals surface area contributed by atoms with Crippen LogP contribution in [0.5, 0.6) is 0 Å². The number of phosphoric acid groups is 1. The number of thioether (sulfide) groups is 1. The van der Waals surface area contributed by atoms with Crippen molar-refractivity contribution in [2.75, 3.05) is 24.7 Å². The van der Waals surface area contributed by atoms with Gasteiger partial charge in [-0.3, -0.25) is 9.32 Å². The number of rotatable bonds is 8. The highest BCUT2D eigenvalue weighted by Gasteiger charge is 2.13. The van der Waals surface area contributed by atoms with Crippen LogP contribution in [-0.2, 0) is 18.6 Å². The molecule has 0 aliphatic rings. The van der Waals surface area contributed by atoms with Gasteiger partial charge in [0.05, 0.1) is 13.0 Å². The first-order valence-electron chi connectivity index (χ1n) is 4.39. The van der Waals surface area contributed by atoms with Crippen LogP contribution in [-0.4, -0.2) is 40.5 Å². The van der Waals surface area contributed by atoms with E-state index in [2.05, 4.69) is 9.26 Å². The second-order valence-electron chi connectivity index (χ2n) is 2.49. The normalized spacial score (nSPS) is 11.4. The Labute approximate surface area is 92.6 Å². The largest absolute Gasteiger partial charge is 0.469 e. The Kier molecular flexibility index (Phi) is 8.09. The first-order chi connectivity index (χ1) is 6.95. The van der Waals surface area contributed by atoms with Gasteiger partial charge in [0, 0.05) is 5.75 Å². The maximum Gasteiger partial charge on any atom is 0.469 e. The second kappa shape index (κ2) is 8.13. The lowest BCUT2D eigenvalue weighted by atomic mass is 10.5. The quantitative estimate of drug-likeness (QED) is 0.377. The third kappa shape index (κ3) is 11.9. The minimum Gasteiger partial charge on any atom is -0.463 e. The Bertz CT molecular complexity index is 228. The topological polar surface area (TPSA) is 93.1 Å². The minimum absolute atomic E-state index is 0.138. The van der Waals surface area contributed by atoms with Gasteiger partial charge in [-0.2, -0.15) is 11.8 Å². The minimum atomic E-state index is -4.45. The SMILES string of the molecule is CCSCCC(=O)OCCOP(=O)(O)O. The summed E-state index contributed by atoms with van der Waals surface area (Å²) in [6, 6.07) is 0. The maximum absolute atomic E-state index is 11.0.